The molecule has 0 aromatic carbocycles. The normalized spacial score (nSPS) is 10.6. The lowest BCUT2D eigenvalue weighted by atomic mass is 10.2. The SMILES string of the molecule is CCCn1cnc(-c2ccc(C)nc2)c1N. The Morgan fingerprint density at radius 1 is 1.31 bits per heavy atom. The van der Waals surface area contributed by atoms with E-state index in [-0.39, 0.29) is 0 Å². The first-order valence-electron chi connectivity index (χ1n) is 5.46. The van der Waals surface area contributed by atoms with E-state index in [9.17, 15) is 0 Å². The van der Waals surface area contributed by atoms with E-state index < -0.39 is 0 Å². The van der Waals surface area contributed by atoms with E-state index >= 15 is 0 Å². The Bertz CT molecular complexity index is 470. The molecule has 0 aliphatic carbocycles. The van der Waals surface area contributed by atoms with E-state index in [0.717, 1.165) is 29.9 Å². The van der Waals surface area contributed by atoms with Crippen molar-refractivity contribution in [3.8, 4) is 11.3 Å². The Kier molecular flexibility index (Phi) is 2.90. The molecule has 2 N–H and O–H groups in total. The minimum Gasteiger partial charge on any atom is -0.383 e. The van der Waals surface area contributed by atoms with Gasteiger partial charge in [-0.2, -0.15) is 0 Å². The third-order valence-electron chi connectivity index (χ3n) is 2.53. The van der Waals surface area contributed by atoms with Gasteiger partial charge in [-0.25, -0.2) is 4.98 Å². The highest BCUT2D eigenvalue weighted by Gasteiger charge is 2.09. The highest BCUT2D eigenvalue weighted by molar-refractivity contribution is 5.69. The van der Waals surface area contributed by atoms with Gasteiger partial charge in [0, 0.05) is 24.0 Å². The average molecular weight is 216 g/mol. The predicted octanol–water partition coefficient (Wildman–Crippen LogP) is 2.25. The number of rotatable bonds is 3. The van der Waals surface area contributed by atoms with Crippen molar-refractivity contribution in [2.45, 2.75) is 26.8 Å². The molecule has 0 aliphatic heterocycles. The first kappa shape index (κ1) is 10.7. The summed E-state index contributed by atoms with van der Waals surface area (Å²) in [4.78, 5) is 8.58. The molecular weight excluding hydrogens is 200 g/mol. The first-order chi connectivity index (χ1) is 7.72. The predicted molar refractivity (Wildman–Crippen MR) is 64.9 cm³/mol. The van der Waals surface area contributed by atoms with Crippen LogP contribution in [0.3, 0.4) is 0 Å². The molecule has 0 unspecified atom stereocenters. The Labute approximate surface area is 95.1 Å². The van der Waals surface area contributed by atoms with Crippen LogP contribution < -0.4 is 5.73 Å². The summed E-state index contributed by atoms with van der Waals surface area (Å²) in [5.41, 5.74) is 8.82. The summed E-state index contributed by atoms with van der Waals surface area (Å²) in [6, 6.07) is 3.96. The van der Waals surface area contributed by atoms with E-state index in [0.29, 0.717) is 5.82 Å². The molecule has 0 saturated heterocycles. The molecule has 84 valence electrons. The lowest BCUT2D eigenvalue weighted by Crippen LogP contribution is -2.01. The van der Waals surface area contributed by atoms with Crippen LogP contribution in [0, 0.1) is 6.92 Å². The number of aryl methyl sites for hydroxylation is 2. The second kappa shape index (κ2) is 4.35. The second-order valence-corrected chi connectivity index (χ2v) is 3.86. The van der Waals surface area contributed by atoms with Crippen molar-refractivity contribution < 1.29 is 0 Å². The number of pyridine rings is 1. The molecule has 0 aliphatic rings. The molecule has 2 rings (SSSR count). The van der Waals surface area contributed by atoms with E-state index in [4.69, 9.17) is 5.73 Å². The Hall–Kier alpha value is -1.84. The highest BCUT2D eigenvalue weighted by atomic mass is 15.1. The number of nitrogens with two attached hydrogens (primary N) is 1. The molecule has 2 heterocycles. The van der Waals surface area contributed by atoms with Crippen LogP contribution in [0.4, 0.5) is 5.82 Å². The van der Waals surface area contributed by atoms with Crippen LogP contribution in [0.15, 0.2) is 24.7 Å². The monoisotopic (exact) mass is 216 g/mol. The number of imidazole rings is 1. The molecular formula is C12H16N4. The van der Waals surface area contributed by atoms with Crippen LogP contribution >= 0.6 is 0 Å². The molecule has 4 heteroatoms. The Balaban J connectivity index is 2.37. The zero-order valence-corrected chi connectivity index (χ0v) is 9.64. The largest absolute Gasteiger partial charge is 0.383 e. The maximum Gasteiger partial charge on any atom is 0.131 e. The number of nitrogens with zero attached hydrogens (tertiary/aromatic N) is 3. The first-order valence-corrected chi connectivity index (χ1v) is 5.46. The zero-order valence-electron chi connectivity index (χ0n) is 9.64. The standard InChI is InChI=1S/C12H16N4/c1-3-6-16-8-15-11(12(16)13)10-5-4-9(2)14-7-10/h4-5,7-8H,3,6,13H2,1-2H3. The van der Waals surface area contributed by atoms with Crippen LogP contribution in [-0.4, -0.2) is 14.5 Å². The van der Waals surface area contributed by atoms with E-state index in [1.54, 1.807) is 6.33 Å². The van der Waals surface area contributed by atoms with Gasteiger partial charge in [-0.05, 0) is 25.5 Å². The summed E-state index contributed by atoms with van der Waals surface area (Å²) in [6.45, 7) is 4.98. The fraction of sp³-hybridized carbons (Fsp3) is 0.333. The number of hydrogen-bond donors (Lipinski definition) is 1. The highest BCUT2D eigenvalue weighted by Crippen LogP contribution is 2.23. The summed E-state index contributed by atoms with van der Waals surface area (Å²) in [6.07, 6.45) is 4.64. The molecule has 0 radical (unpaired) electrons. The fourth-order valence-electron chi connectivity index (χ4n) is 1.64. The molecule has 2 aromatic heterocycles. The van der Waals surface area contributed by atoms with Crippen molar-refractivity contribution in [2.24, 2.45) is 0 Å². The molecule has 0 fully saturated rings. The van der Waals surface area contributed by atoms with Gasteiger partial charge in [-0.15, -0.1) is 0 Å². The van der Waals surface area contributed by atoms with Gasteiger partial charge in [0.1, 0.15) is 11.5 Å². The van der Waals surface area contributed by atoms with Crippen LogP contribution in [0.25, 0.3) is 11.3 Å². The fourth-order valence-corrected chi connectivity index (χ4v) is 1.64. The van der Waals surface area contributed by atoms with Crippen molar-refractivity contribution in [1.29, 1.82) is 0 Å². The number of hydrogen-bond acceptors (Lipinski definition) is 3. The van der Waals surface area contributed by atoms with Gasteiger partial charge >= 0.3 is 0 Å². The summed E-state index contributed by atoms with van der Waals surface area (Å²) in [7, 11) is 0. The zero-order chi connectivity index (χ0) is 11.5. The molecule has 0 atom stereocenters. The smallest absolute Gasteiger partial charge is 0.131 e. The van der Waals surface area contributed by atoms with Crippen molar-refractivity contribution >= 4 is 5.82 Å². The van der Waals surface area contributed by atoms with Crippen LogP contribution in [0.2, 0.25) is 0 Å². The average Bonchev–Trinajstić information content (AvgIpc) is 2.63. The van der Waals surface area contributed by atoms with Gasteiger partial charge in [0.15, 0.2) is 0 Å². The molecule has 0 saturated carbocycles. The van der Waals surface area contributed by atoms with Gasteiger partial charge in [-0.1, -0.05) is 6.92 Å². The molecule has 0 bridgehead atoms. The third kappa shape index (κ3) is 1.91. The lowest BCUT2D eigenvalue weighted by molar-refractivity contribution is 0.686. The van der Waals surface area contributed by atoms with Gasteiger partial charge in [0.25, 0.3) is 0 Å². The van der Waals surface area contributed by atoms with Crippen molar-refractivity contribution in [2.75, 3.05) is 5.73 Å². The lowest BCUT2D eigenvalue weighted by Gasteiger charge is -2.03. The Morgan fingerprint density at radius 2 is 2.12 bits per heavy atom. The quantitative estimate of drug-likeness (QED) is 0.856. The maximum absolute atomic E-state index is 6.03. The van der Waals surface area contributed by atoms with E-state index in [1.165, 1.54) is 0 Å². The maximum atomic E-state index is 6.03. The van der Waals surface area contributed by atoms with E-state index in [1.807, 2.05) is 29.8 Å². The minimum atomic E-state index is 0.715. The number of anilines is 1. The van der Waals surface area contributed by atoms with Crippen molar-refractivity contribution in [1.82, 2.24) is 14.5 Å². The van der Waals surface area contributed by atoms with Gasteiger partial charge in [-0.3, -0.25) is 4.98 Å². The van der Waals surface area contributed by atoms with Gasteiger partial charge < -0.3 is 10.3 Å². The van der Waals surface area contributed by atoms with E-state index in [2.05, 4.69) is 16.9 Å². The number of nitrogen functional groups attached to an aromatic ring is 1. The summed E-state index contributed by atoms with van der Waals surface area (Å²) in [5.74, 6) is 0.715. The van der Waals surface area contributed by atoms with Gasteiger partial charge in [0.05, 0.1) is 6.33 Å². The van der Waals surface area contributed by atoms with Crippen molar-refractivity contribution in [3.05, 3.63) is 30.4 Å². The Morgan fingerprint density at radius 3 is 2.75 bits per heavy atom. The topological polar surface area (TPSA) is 56.7 Å². The molecule has 4 nitrogen and oxygen atoms in total. The molecule has 2 aromatic rings. The second-order valence-electron chi connectivity index (χ2n) is 3.86. The molecule has 0 spiro atoms. The number of aromatic nitrogens is 3. The van der Waals surface area contributed by atoms with Crippen LogP contribution in [0.1, 0.15) is 19.0 Å². The minimum absolute atomic E-state index is 0.715. The van der Waals surface area contributed by atoms with Crippen LogP contribution in [-0.2, 0) is 6.54 Å². The summed E-state index contributed by atoms with van der Waals surface area (Å²) < 4.78 is 1.97. The summed E-state index contributed by atoms with van der Waals surface area (Å²) in [5, 5.41) is 0. The van der Waals surface area contributed by atoms with Gasteiger partial charge in [0.2, 0.25) is 0 Å². The third-order valence-corrected chi connectivity index (χ3v) is 2.53. The summed E-state index contributed by atoms with van der Waals surface area (Å²) >= 11 is 0. The van der Waals surface area contributed by atoms with Crippen LogP contribution in [0.5, 0.6) is 0 Å². The molecule has 16 heavy (non-hydrogen) atoms. The van der Waals surface area contributed by atoms with Crippen molar-refractivity contribution in [3.63, 3.8) is 0 Å². The molecule has 0 amide bonds.